The number of halogens is 1. The maximum atomic E-state index is 6.35. The molecular formula is C21H24ClN5S. The molecule has 3 aromatic rings. The molecule has 0 unspecified atom stereocenters. The van der Waals surface area contributed by atoms with Crippen LogP contribution in [0, 0.1) is 4.77 Å². The maximum absolute atomic E-state index is 6.35. The fourth-order valence-electron chi connectivity index (χ4n) is 3.58. The van der Waals surface area contributed by atoms with E-state index >= 15 is 0 Å². The van der Waals surface area contributed by atoms with Crippen molar-refractivity contribution in [2.45, 2.75) is 13.2 Å². The van der Waals surface area contributed by atoms with Crippen molar-refractivity contribution in [1.82, 2.24) is 24.1 Å². The summed E-state index contributed by atoms with van der Waals surface area (Å²) in [5.74, 6) is 0.804. The third-order valence-electron chi connectivity index (χ3n) is 5.20. The molecule has 1 saturated heterocycles. The van der Waals surface area contributed by atoms with Gasteiger partial charge in [0.1, 0.15) is 0 Å². The van der Waals surface area contributed by atoms with E-state index in [1.54, 1.807) is 0 Å². The summed E-state index contributed by atoms with van der Waals surface area (Å²) in [6.07, 6.45) is 0. The van der Waals surface area contributed by atoms with Gasteiger partial charge in [0.05, 0.1) is 11.7 Å². The number of piperazine rings is 1. The zero-order valence-corrected chi connectivity index (χ0v) is 17.5. The van der Waals surface area contributed by atoms with E-state index in [1.165, 1.54) is 5.56 Å². The van der Waals surface area contributed by atoms with E-state index in [9.17, 15) is 0 Å². The molecule has 2 aromatic carbocycles. The van der Waals surface area contributed by atoms with Crippen LogP contribution in [0.4, 0.5) is 0 Å². The van der Waals surface area contributed by atoms with E-state index < -0.39 is 0 Å². The molecule has 0 amide bonds. The van der Waals surface area contributed by atoms with Gasteiger partial charge in [0, 0.05) is 45.3 Å². The third-order valence-corrected chi connectivity index (χ3v) is 6.02. The van der Waals surface area contributed by atoms with Crippen molar-refractivity contribution in [1.29, 1.82) is 0 Å². The highest BCUT2D eigenvalue weighted by Gasteiger charge is 2.19. The van der Waals surface area contributed by atoms with Gasteiger partial charge in [-0.25, -0.2) is 4.68 Å². The molecule has 4 rings (SSSR count). The first-order chi connectivity index (χ1) is 13.6. The highest BCUT2D eigenvalue weighted by Crippen LogP contribution is 2.26. The monoisotopic (exact) mass is 413 g/mol. The lowest BCUT2D eigenvalue weighted by Gasteiger charge is -2.34. The molecule has 5 nitrogen and oxygen atoms in total. The van der Waals surface area contributed by atoms with E-state index in [0.29, 0.717) is 16.5 Å². The van der Waals surface area contributed by atoms with Crippen molar-refractivity contribution in [3.05, 3.63) is 70.0 Å². The van der Waals surface area contributed by atoms with Crippen LogP contribution in [0.25, 0.3) is 11.4 Å². The van der Waals surface area contributed by atoms with Gasteiger partial charge in [-0.1, -0.05) is 54.1 Å². The van der Waals surface area contributed by atoms with Crippen molar-refractivity contribution in [3.8, 4) is 11.4 Å². The molecule has 7 heteroatoms. The Morgan fingerprint density at radius 1 is 0.929 bits per heavy atom. The van der Waals surface area contributed by atoms with E-state index in [0.717, 1.165) is 44.1 Å². The second-order valence-corrected chi connectivity index (χ2v) is 7.94. The van der Waals surface area contributed by atoms with Crippen LogP contribution in [-0.4, -0.2) is 50.3 Å². The second-order valence-electron chi connectivity index (χ2n) is 7.17. The SMILES string of the molecule is Cn1c(-c2ccccc2Cl)nn(CN2CCN(Cc3ccccc3)CC2)c1=S. The fourth-order valence-corrected chi connectivity index (χ4v) is 3.98. The van der Waals surface area contributed by atoms with Crippen molar-refractivity contribution < 1.29 is 0 Å². The van der Waals surface area contributed by atoms with E-state index in [-0.39, 0.29) is 0 Å². The highest BCUT2D eigenvalue weighted by molar-refractivity contribution is 7.71. The van der Waals surface area contributed by atoms with Gasteiger partial charge in [-0.15, -0.1) is 0 Å². The van der Waals surface area contributed by atoms with Gasteiger partial charge in [0.2, 0.25) is 0 Å². The van der Waals surface area contributed by atoms with Crippen LogP contribution < -0.4 is 0 Å². The summed E-state index contributed by atoms with van der Waals surface area (Å²) in [6.45, 7) is 5.82. The normalized spacial score (nSPS) is 15.8. The molecule has 1 aliphatic rings. The number of rotatable bonds is 5. The molecule has 0 spiro atoms. The fraction of sp³-hybridized carbons (Fsp3) is 0.333. The number of aromatic nitrogens is 3. The van der Waals surface area contributed by atoms with E-state index in [4.69, 9.17) is 28.9 Å². The Morgan fingerprint density at radius 3 is 2.29 bits per heavy atom. The van der Waals surface area contributed by atoms with E-state index in [2.05, 4.69) is 40.1 Å². The largest absolute Gasteiger partial charge is 0.303 e. The highest BCUT2D eigenvalue weighted by atomic mass is 35.5. The van der Waals surface area contributed by atoms with Gasteiger partial charge in [-0.2, -0.15) is 5.10 Å². The first-order valence-electron chi connectivity index (χ1n) is 9.49. The zero-order valence-electron chi connectivity index (χ0n) is 16.0. The van der Waals surface area contributed by atoms with Crippen LogP contribution in [0.2, 0.25) is 5.02 Å². The third kappa shape index (κ3) is 4.20. The molecule has 1 aliphatic heterocycles. The summed E-state index contributed by atoms with van der Waals surface area (Å²) >= 11 is 12.0. The topological polar surface area (TPSA) is 29.2 Å². The van der Waals surface area contributed by atoms with Crippen molar-refractivity contribution in [3.63, 3.8) is 0 Å². The summed E-state index contributed by atoms with van der Waals surface area (Å²) < 4.78 is 4.55. The van der Waals surface area contributed by atoms with Crippen LogP contribution in [0.3, 0.4) is 0 Å². The number of nitrogens with zero attached hydrogens (tertiary/aromatic N) is 5. The molecule has 0 atom stereocenters. The lowest BCUT2D eigenvalue weighted by Crippen LogP contribution is -2.46. The Balaban J connectivity index is 1.41. The van der Waals surface area contributed by atoms with Gasteiger partial charge in [-0.3, -0.25) is 9.80 Å². The molecule has 0 aliphatic carbocycles. The molecular weight excluding hydrogens is 390 g/mol. The molecule has 1 fully saturated rings. The van der Waals surface area contributed by atoms with Crippen molar-refractivity contribution in [2.24, 2.45) is 7.05 Å². The minimum Gasteiger partial charge on any atom is -0.303 e. The van der Waals surface area contributed by atoms with Gasteiger partial charge < -0.3 is 4.57 Å². The quantitative estimate of drug-likeness (QED) is 0.590. The first kappa shape index (κ1) is 19.3. The number of benzene rings is 2. The lowest BCUT2D eigenvalue weighted by molar-refractivity contribution is 0.0981. The van der Waals surface area contributed by atoms with Gasteiger partial charge >= 0.3 is 0 Å². The Labute approximate surface area is 175 Å². The van der Waals surface area contributed by atoms with Gasteiger partial charge in [0.15, 0.2) is 10.6 Å². The van der Waals surface area contributed by atoms with Crippen LogP contribution >= 0.6 is 23.8 Å². The Morgan fingerprint density at radius 2 is 1.57 bits per heavy atom. The molecule has 0 bridgehead atoms. The van der Waals surface area contributed by atoms with Crippen LogP contribution in [0.15, 0.2) is 54.6 Å². The molecule has 1 aromatic heterocycles. The minimum atomic E-state index is 0.687. The number of hydrogen-bond donors (Lipinski definition) is 0. The van der Waals surface area contributed by atoms with Crippen LogP contribution in [0.5, 0.6) is 0 Å². The average molecular weight is 414 g/mol. The van der Waals surface area contributed by atoms with Gasteiger partial charge in [0.25, 0.3) is 0 Å². The number of hydrogen-bond acceptors (Lipinski definition) is 4. The average Bonchev–Trinajstić information content (AvgIpc) is 2.99. The predicted octanol–water partition coefficient (Wildman–Crippen LogP) is 4.05. The molecule has 2 heterocycles. The smallest absolute Gasteiger partial charge is 0.199 e. The summed E-state index contributed by atoms with van der Waals surface area (Å²) in [5, 5.41) is 5.44. The Kier molecular flexibility index (Phi) is 5.92. The van der Waals surface area contributed by atoms with Crippen molar-refractivity contribution >= 4 is 23.8 Å². The standard InChI is InChI=1S/C21H24ClN5S/c1-24-20(18-9-5-6-10-19(18)22)23-27(21(24)28)16-26-13-11-25(12-14-26)15-17-7-3-2-4-8-17/h2-10H,11-16H2,1H3. The summed E-state index contributed by atoms with van der Waals surface area (Å²) in [6, 6.07) is 18.4. The second kappa shape index (κ2) is 8.57. The lowest BCUT2D eigenvalue weighted by atomic mass is 10.2. The van der Waals surface area contributed by atoms with Crippen LogP contribution in [-0.2, 0) is 20.3 Å². The summed E-state index contributed by atoms with van der Waals surface area (Å²) in [4.78, 5) is 4.90. The summed E-state index contributed by atoms with van der Waals surface area (Å²) in [5.41, 5.74) is 2.27. The molecule has 0 radical (unpaired) electrons. The summed E-state index contributed by atoms with van der Waals surface area (Å²) in [7, 11) is 1.95. The Hall–Kier alpha value is -1.99. The molecule has 28 heavy (non-hydrogen) atoms. The zero-order chi connectivity index (χ0) is 19.5. The molecule has 146 valence electrons. The predicted molar refractivity (Wildman–Crippen MR) is 116 cm³/mol. The van der Waals surface area contributed by atoms with Crippen molar-refractivity contribution in [2.75, 3.05) is 26.2 Å². The first-order valence-corrected chi connectivity index (χ1v) is 10.3. The Bertz CT molecular complexity index is 990. The van der Waals surface area contributed by atoms with Crippen LogP contribution in [0.1, 0.15) is 5.56 Å². The van der Waals surface area contributed by atoms with E-state index in [1.807, 2.05) is 40.6 Å². The van der Waals surface area contributed by atoms with Gasteiger partial charge in [-0.05, 0) is 29.9 Å². The molecule has 0 saturated carbocycles. The molecule has 0 N–H and O–H groups in total. The minimum absolute atomic E-state index is 0.687. The maximum Gasteiger partial charge on any atom is 0.199 e.